The molecule has 0 aliphatic rings. The smallest absolute Gasteiger partial charge is 0.270 e. The molecule has 2 heterocycles. The van der Waals surface area contributed by atoms with Crippen molar-refractivity contribution in [3.63, 3.8) is 0 Å². The number of fused-ring (bicyclic) bond motifs is 1. The van der Waals surface area contributed by atoms with E-state index in [1.165, 1.54) is 6.33 Å². The Hall–Kier alpha value is -1.04. The van der Waals surface area contributed by atoms with Crippen LogP contribution in [0.15, 0.2) is 15.5 Å². The second-order valence-electron chi connectivity index (χ2n) is 1.56. The van der Waals surface area contributed by atoms with Crippen molar-refractivity contribution in [3.8, 4) is 0 Å². The minimum Gasteiger partial charge on any atom is -0.410 e. The topological polar surface area (TPSA) is 64.7 Å². The van der Waals surface area contributed by atoms with Gasteiger partial charge in [-0.2, -0.15) is 9.97 Å². The zero-order valence-electron chi connectivity index (χ0n) is 4.65. The third-order valence-corrected chi connectivity index (χ3v) is 1.28. The SMILES string of the molecule is Brc1nc2nncnc2o1. The van der Waals surface area contributed by atoms with Gasteiger partial charge in [-0.15, -0.1) is 10.2 Å². The van der Waals surface area contributed by atoms with Gasteiger partial charge in [0.2, 0.25) is 5.65 Å². The van der Waals surface area contributed by atoms with Crippen molar-refractivity contribution in [1.29, 1.82) is 0 Å². The quantitative estimate of drug-likeness (QED) is 0.629. The van der Waals surface area contributed by atoms with Gasteiger partial charge in [0.25, 0.3) is 10.5 Å². The van der Waals surface area contributed by atoms with E-state index >= 15 is 0 Å². The van der Waals surface area contributed by atoms with E-state index < -0.39 is 0 Å². The Labute approximate surface area is 63.6 Å². The zero-order valence-corrected chi connectivity index (χ0v) is 6.24. The molecule has 0 amide bonds. The Balaban J connectivity index is 2.88. The predicted molar refractivity (Wildman–Crippen MR) is 35.1 cm³/mol. The fourth-order valence-corrected chi connectivity index (χ4v) is 0.909. The molecular weight excluding hydrogens is 200 g/mol. The number of nitrogens with zero attached hydrogens (tertiary/aromatic N) is 4. The van der Waals surface area contributed by atoms with Gasteiger partial charge in [-0.1, -0.05) is 0 Å². The summed E-state index contributed by atoms with van der Waals surface area (Å²) >= 11 is 3.04. The van der Waals surface area contributed by atoms with Crippen LogP contribution in [0.3, 0.4) is 0 Å². The maximum absolute atomic E-state index is 4.96. The van der Waals surface area contributed by atoms with Gasteiger partial charge in [-0.3, -0.25) is 0 Å². The molecule has 0 atom stereocenters. The summed E-state index contributed by atoms with van der Waals surface area (Å²) in [5, 5.41) is 7.18. The molecule has 2 aromatic heterocycles. The molecule has 0 saturated heterocycles. The number of halogens is 1. The van der Waals surface area contributed by atoms with Crippen LogP contribution in [0.25, 0.3) is 11.4 Å². The van der Waals surface area contributed by atoms with Crippen LogP contribution in [0.2, 0.25) is 0 Å². The average Bonchev–Trinajstić information content (AvgIpc) is 2.27. The lowest BCUT2D eigenvalue weighted by atomic mass is 10.8. The van der Waals surface area contributed by atoms with Crippen molar-refractivity contribution in [1.82, 2.24) is 20.2 Å². The van der Waals surface area contributed by atoms with E-state index in [-0.39, 0.29) is 0 Å². The summed E-state index contributed by atoms with van der Waals surface area (Å²) in [6.07, 6.45) is 1.31. The normalized spacial score (nSPS) is 10.5. The third-order valence-electron chi connectivity index (χ3n) is 0.945. The van der Waals surface area contributed by atoms with Crippen molar-refractivity contribution in [2.24, 2.45) is 0 Å². The van der Waals surface area contributed by atoms with Crippen LogP contribution >= 0.6 is 15.9 Å². The fraction of sp³-hybridized carbons (Fsp3) is 0. The van der Waals surface area contributed by atoms with Crippen molar-refractivity contribution < 1.29 is 4.42 Å². The van der Waals surface area contributed by atoms with E-state index in [0.29, 0.717) is 16.2 Å². The first-order chi connectivity index (χ1) is 4.86. The molecule has 0 N–H and O–H groups in total. The van der Waals surface area contributed by atoms with Crippen molar-refractivity contribution in [2.45, 2.75) is 0 Å². The molecule has 0 fully saturated rings. The monoisotopic (exact) mass is 200 g/mol. The molecule has 0 bridgehead atoms. The highest BCUT2D eigenvalue weighted by atomic mass is 79.9. The Morgan fingerprint density at radius 3 is 3.20 bits per heavy atom. The van der Waals surface area contributed by atoms with Crippen molar-refractivity contribution in [2.75, 3.05) is 0 Å². The first-order valence-electron chi connectivity index (χ1n) is 2.46. The van der Waals surface area contributed by atoms with E-state index in [1.54, 1.807) is 0 Å². The molecule has 0 aliphatic carbocycles. The van der Waals surface area contributed by atoms with Crippen LogP contribution in [-0.4, -0.2) is 20.2 Å². The van der Waals surface area contributed by atoms with Gasteiger partial charge in [0, 0.05) is 15.9 Å². The number of oxazole rings is 1. The summed E-state index contributed by atoms with van der Waals surface area (Å²) in [4.78, 5) is 7.97. The summed E-state index contributed by atoms with van der Waals surface area (Å²) in [6, 6.07) is 0. The standard InChI is InChI=1S/C4HBrN4O/c5-4-8-2-3(10-4)6-1-7-9-2/h1H. The van der Waals surface area contributed by atoms with Crippen LogP contribution in [0.4, 0.5) is 0 Å². The van der Waals surface area contributed by atoms with E-state index in [4.69, 9.17) is 4.42 Å². The Bertz CT molecular complexity index is 326. The molecule has 10 heavy (non-hydrogen) atoms. The first-order valence-corrected chi connectivity index (χ1v) is 3.25. The minimum absolute atomic E-state index is 0.371. The molecule has 2 rings (SSSR count). The largest absolute Gasteiger partial charge is 0.410 e. The maximum Gasteiger partial charge on any atom is 0.270 e. The summed E-state index contributed by atoms with van der Waals surface area (Å²) in [5.74, 6) is 0. The summed E-state index contributed by atoms with van der Waals surface area (Å²) < 4.78 is 4.96. The van der Waals surface area contributed by atoms with E-state index in [9.17, 15) is 0 Å². The molecule has 0 spiro atoms. The Morgan fingerprint density at radius 1 is 1.50 bits per heavy atom. The van der Waals surface area contributed by atoms with Crippen LogP contribution in [-0.2, 0) is 0 Å². The van der Waals surface area contributed by atoms with E-state index in [0.717, 1.165) is 0 Å². The molecule has 2 aromatic rings. The highest BCUT2D eigenvalue weighted by molar-refractivity contribution is 9.10. The number of hydrogen-bond acceptors (Lipinski definition) is 5. The van der Waals surface area contributed by atoms with Gasteiger partial charge < -0.3 is 4.42 Å². The summed E-state index contributed by atoms with van der Waals surface area (Å²) in [5.41, 5.74) is 0.802. The molecule has 0 saturated carbocycles. The fourth-order valence-electron chi connectivity index (χ4n) is 0.587. The van der Waals surface area contributed by atoms with Crippen molar-refractivity contribution in [3.05, 3.63) is 11.1 Å². The lowest BCUT2D eigenvalue weighted by Gasteiger charge is -1.77. The van der Waals surface area contributed by atoms with Gasteiger partial charge in [-0.05, 0) is 0 Å². The van der Waals surface area contributed by atoms with Crippen LogP contribution in [0, 0.1) is 0 Å². The maximum atomic E-state index is 4.96. The summed E-state index contributed by atoms with van der Waals surface area (Å²) in [7, 11) is 0. The van der Waals surface area contributed by atoms with Gasteiger partial charge in [0.15, 0.2) is 0 Å². The van der Waals surface area contributed by atoms with Gasteiger partial charge in [0.05, 0.1) is 0 Å². The molecule has 50 valence electrons. The van der Waals surface area contributed by atoms with E-state index in [2.05, 4.69) is 36.1 Å². The Morgan fingerprint density at radius 2 is 2.40 bits per heavy atom. The van der Waals surface area contributed by atoms with Gasteiger partial charge in [0.1, 0.15) is 6.33 Å². The van der Waals surface area contributed by atoms with Crippen molar-refractivity contribution >= 4 is 27.3 Å². The highest BCUT2D eigenvalue weighted by Gasteiger charge is 2.02. The highest BCUT2D eigenvalue weighted by Crippen LogP contribution is 2.12. The molecule has 0 aliphatic heterocycles. The molecule has 5 nitrogen and oxygen atoms in total. The number of rotatable bonds is 0. The van der Waals surface area contributed by atoms with Gasteiger partial charge in [-0.25, -0.2) is 0 Å². The summed E-state index contributed by atoms with van der Waals surface area (Å²) in [6.45, 7) is 0. The lowest BCUT2D eigenvalue weighted by Crippen LogP contribution is -1.82. The second kappa shape index (κ2) is 1.98. The second-order valence-corrected chi connectivity index (χ2v) is 2.23. The molecule has 0 unspecified atom stereocenters. The zero-order chi connectivity index (χ0) is 6.97. The Kier molecular flexibility index (Phi) is 1.13. The van der Waals surface area contributed by atoms with E-state index in [1.807, 2.05) is 0 Å². The molecular formula is C4HBrN4O. The number of hydrogen-bond donors (Lipinski definition) is 0. The first kappa shape index (κ1) is 5.72. The van der Waals surface area contributed by atoms with Crippen LogP contribution in [0.5, 0.6) is 0 Å². The molecule has 0 radical (unpaired) electrons. The van der Waals surface area contributed by atoms with Crippen LogP contribution < -0.4 is 0 Å². The molecule has 0 aromatic carbocycles. The average molecular weight is 201 g/mol. The predicted octanol–water partition coefficient (Wildman–Crippen LogP) is 0.775. The lowest BCUT2D eigenvalue weighted by molar-refractivity contribution is 0.559. The number of aromatic nitrogens is 4. The molecule has 6 heteroatoms. The third kappa shape index (κ3) is 0.766. The van der Waals surface area contributed by atoms with Gasteiger partial charge >= 0.3 is 0 Å². The minimum atomic E-state index is 0.371. The van der Waals surface area contributed by atoms with Crippen LogP contribution in [0.1, 0.15) is 0 Å².